The van der Waals surface area contributed by atoms with Gasteiger partial charge in [-0.3, -0.25) is 0 Å². The average molecular weight is 396 g/mol. The highest BCUT2D eigenvalue weighted by Crippen LogP contribution is 2.25. The molecule has 0 saturated heterocycles. The Balaban J connectivity index is 2.52. The summed E-state index contributed by atoms with van der Waals surface area (Å²) in [5.41, 5.74) is 0.729. The fraction of sp³-hybridized carbons (Fsp3) is 0.533. The lowest BCUT2D eigenvalue weighted by atomic mass is 10.1. The molecule has 0 spiro atoms. The van der Waals surface area contributed by atoms with Crippen LogP contribution in [0.15, 0.2) is 18.2 Å². The van der Waals surface area contributed by atoms with E-state index < -0.39 is 16.1 Å². The van der Waals surface area contributed by atoms with E-state index in [9.17, 15) is 13.2 Å². The van der Waals surface area contributed by atoms with Gasteiger partial charge in [0.1, 0.15) is 0 Å². The van der Waals surface area contributed by atoms with Crippen LogP contribution in [0.2, 0.25) is 10.0 Å². The van der Waals surface area contributed by atoms with Gasteiger partial charge in [-0.05, 0) is 24.6 Å². The highest BCUT2D eigenvalue weighted by Gasteiger charge is 2.19. The first-order chi connectivity index (χ1) is 11.2. The van der Waals surface area contributed by atoms with Gasteiger partial charge in [0, 0.05) is 29.7 Å². The maximum Gasteiger partial charge on any atom is 0.315 e. The Morgan fingerprint density at radius 2 is 1.88 bits per heavy atom. The molecule has 1 aromatic carbocycles. The summed E-state index contributed by atoms with van der Waals surface area (Å²) in [5, 5.41) is 6.24. The molecule has 0 bridgehead atoms. The Bertz CT molecular complexity index is 664. The maximum atomic E-state index is 12.0. The molecule has 0 aliphatic heterocycles. The second-order valence-electron chi connectivity index (χ2n) is 5.19. The number of amides is 2. The van der Waals surface area contributed by atoms with Gasteiger partial charge in [0.25, 0.3) is 0 Å². The third-order valence-corrected chi connectivity index (χ3v) is 6.11. The monoisotopic (exact) mass is 395 g/mol. The molecule has 9 heteroatoms. The number of rotatable bonds is 8. The predicted molar refractivity (Wildman–Crippen MR) is 98.1 cm³/mol. The molecular weight excluding hydrogens is 373 g/mol. The van der Waals surface area contributed by atoms with Crippen LogP contribution in [0, 0.1) is 0 Å². The molecule has 0 heterocycles. The lowest BCUT2D eigenvalue weighted by Crippen LogP contribution is -2.41. The summed E-state index contributed by atoms with van der Waals surface area (Å²) in [5.74, 6) is -0.141. The zero-order chi connectivity index (χ0) is 18.3. The highest BCUT2D eigenvalue weighted by molar-refractivity contribution is 7.89. The summed E-state index contributed by atoms with van der Waals surface area (Å²) in [6.45, 7) is 6.19. The van der Waals surface area contributed by atoms with Crippen molar-refractivity contribution in [3.8, 4) is 0 Å². The van der Waals surface area contributed by atoms with Gasteiger partial charge in [-0.1, -0.05) is 43.1 Å². The molecule has 0 aliphatic rings. The summed E-state index contributed by atoms with van der Waals surface area (Å²) in [6.07, 6.45) is 0. The predicted octanol–water partition coefficient (Wildman–Crippen LogP) is 3.03. The first-order valence-corrected chi connectivity index (χ1v) is 10.0. The number of benzene rings is 1. The Morgan fingerprint density at radius 3 is 2.42 bits per heavy atom. The Morgan fingerprint density at radius 1 is 1.25 bits per heavy atom. The quantitative estimate of drug-likeness (QED) is 0.709. The molecular formula is C15H23Cl2N3O3S. The Labute approximate surface area is 153 Å². The van der Waals surface area contributed by atoms with Gasteiger partial charge in [-0.25, -0.2) is 17.5 Å². The van der Waals surface area contributed by atoms with Crippen LogP contribution >= 0.6 is 23.2 Å². The zero-order valence-electron chi connectivity index (χ0n) is 14.0. The van der Waals surface area contributed by atoms with Gasteiger partial charge >= 0.3 is 6.03 Å². The number of carbonyl (C=O) groups excluding carboxylic acids is 1. The minimum atomic E-state index is -3.36. The minimum Gasteiger partial charge on any atom is -0.337 e. The molecule has 1 atom stereocenters. The van der Waals surface area contributed by atoms with E-state index in [0.29, 0.717) is 23.1 Å². The SMILES string of the molecule is CCN(CC)S(=O)(=O)CCNC(=O)NC(C)c1ccc(Cl)cc1Cl. The standard InChI is InChI=1S/C15H23Cl2N3O3S/c1-4-20(5-2)24(22,23)9-8-18-15(21)19-11(3)13-7-6-12(16)10-14(13)17/h6-7,10-11H,4-5,8-9H2,1-3H3,(H2,18,19,21). The van der Waals surface area contributed by atoms with E-state index in [-0.39, 0.29) is 18.3 Å². The summed E-state index contributed by atoms with van der Waals surface area (Å²) >= 11 is 11.9. The number of halogens is 2. The van der Waals surface area contributed by atoms with Crippen LogP contribution in [0.1, 0.15) is 32.4 Å². The van der Waals surface area contributed by atoms with Gasteiger partial charge in [0.05, 0.1) is 11.8 Å². The van der Waals surface area contributed by atoms with Gasteiger partial charge in [-0.15, -0.1) is 0 Å². The lowest BCUT2D eigenvalue weighted by molar-refractivity contribution is 0.238. The smallest absolute Gasteiger partial charge is 0.315 e. The molecule has 1 unspecified atom stereocenters. The molecule has 1 aromatic rings. The molecule has 136 valence electrons. The molecule has 0 radical (unpaired) electrons. The fourth-order valence-electron chi connectivity index (χ4n) is 2.22. The Hall–Kier alpha value is -1.02. The number of hydrogen-bond acceptors (Lipinski definition) is 3. The van der Waals surface area contributed by atoms with E-state index in [4.69, 9.17) is 23.2 Å². The first kappa shape index (κ1) is 21.0. The third-order valence-electron chi connectivity index (χ3n) is 3.52. The second kappa shape index (κ2) is 9.46. The van der Waals surface area contributed by atoms with E-state index >= 15 is 0 Å². The van der Waals surface area contributed by atoms with Crippen LogP contribution in [0.3, 0.4) is 0 Å². The minimum absolute atomic E-state index is 0.0335. The topological polar surface area (TPSA) is 78.5 Å². The van der Waals surface area contributed by atoms with Crippen molar-refractivity contribution in [1.29, 1.82) is 0 Å². The average Bonchev–Trinajstić information content (AvgIpc) is 2.47. The molecule has 1 rings (SSSR count). The van der Waals surface area contributed by atoms with E-state index in [1.54, 1.807) is 39.0 Å². The highest BCUT2D eigenvalue weighted by atomic mass is 35.5. The lowest BCUT2D eigenvalue weighted by Gasteiger charge is -2.19. The zero-order valence-corrected chi connectivity index (χ0v) is 16.3. The van der Waals surface area contributed by atoms with E-state index in [2.05, 4.69) is 10.6 Å². The van der Waals surface area contributed by atoms with Crippen LogP contribution in [-0.4, -0.2) is 44.1 Å². The second-order valence-corrected chi connectivity index (χ2v) is 8.12. The molecule has 0 fully saturated rings. The largest absolute Gasteiger partial charge is 0.337 e. The molecule has 2 N–H and O–H groups in total. The third kappa shape index (κ3) is 6.12. The summed E-state index contributed by atoms with van der Waals surface area (Å²) < 4.78 is 25.4. The molecule has 2 amide bonds. The Kier molecular flexibility index (Phi) is 8.29. The number of urea groups is 1. The number of hydrogen-bond donors (Lipinski definition) is 2. The molecule has 24 heavy (non-hydrogen) atoms. The van der Waals surface area contributed by atoms with Gasteiger partial charge in [-0.2, -0.15) is 0 Å². The van der Waals surface area contributed by atoms with Crippen LogP contribution in [-0.2, 0) is 10.0 Å². The van der Waals surface area contributed by atoms with Crippen LogP contribution < -0.4 is 10.6 Å². The van der Waals surface area contributed by atoms with Crippen molar-refractivity contribution in [2.75, 3.05) is 25.4 Å². The number of carbonyl (C=O) groups is 1. The van der Waals surface area contributed by atoms with Crippen molar-refractivity contribution in [3.05, 3.63) is 33.8 Å². The number of nitrogens with zero attached hydrogens (tertiary/aromatic N) is 1. The molecule has 0 aromatic heterocycles. The van der Waals surface area contributed by atoms with Crippen molar-refractivity contribution in [2.45, 2.75) is 26.8 Å². The van der Waals surface area contributed by atoms with E-state index in [1.165, 1.54) is 4.31 Å². The van der Waals surface area contributed by atoms with Crippen molar-refractivity contribution in [1.82, 2.24) is 14.9 Å². The van der Waals surface area contributed by atoms with E-state index in [1.807, 2.05) is 0 Å². The van der Waals surface area contributed by atoms with Crippen molar-refractivity contribution >= 4 is 39.3 Å². The van der Waals surface area contributed by atoms with Crippen molar-refractivity contribution < 1.29 is 13.2 Å². The molecule has 0 saturated carbocycles. The van der Waals surface area contributed by atoms with Gasteiger partial charge in [0.2, 0.25) is 10.0 Å². The van der Waals surface area contributed by atoms with Crippen molar-refractivity contribution in [3.63, 3.8) is 0 Å². The van der Waals surface area contributed by atoms with Crippen LogP contribution in [0.5, 0.6) is 0 Å². The molecule has 6 nitrogen and oxygen atoms in total. The van der Waals surface area contributed by atoms with Crippen LogP contribution in [0.4, 0.5) is 4.79 Å². The number of nitrogens with one attached hydrogen (secondary N) is 2. The maximum absolute atomic E-state index is 12.0. The summed E-state index contributed by atoms with van der Waals surface area (Å²) in [7, 11) is -3.36. The normalized spacial score (nSPS) is 12.9. The number of sulfonamides is 1. The molecule has 0 aliphatic carbocycles. The van der Waals surface area contributed by atoms with Gasteiger partial charge in [0.15, 0.2) is 0 Å². The summed E-state index contributed by atoms with van der Waals surface area (Å²) in [4.78, 5) is 11.9. The first-order valence-electron chi connectivity index (χ1n) is 7.68. The van der Waals surface area contributed by atoms with E-state index in [0.717, 1.165) is 5.56 Å². The van der Waals surface area contributed by atoms with Crippen LogP contribution in [0.25, 0.3) is 0 Å². The van der Waals surface area contributed by atoms with Crippen molar-refractivity contribution in [2.24, 2.45) is 0 Å². The van der Waals surface area contributed by atoms with Gasteiger partial charge < -0.3 is 10.6 Å². The summed E-state index contributed by atoms with van der Waals surface area (Å²) in [6, 6.07) is 4.23. The fourth-order valence-corrected chi connectivity index (χ4v) is 4.19.